The van der Waals surface area contributed by atoms with Crippen LogP contribution in [0, 0.1) is 5.82 Å². The molecule has 2 aromatic rings. The van der Waals surface area contributed by atoms with Gasteiger partial charge in [-0.1, -0.05) is 0 Å². The van der Waals surface area contributed by atoms with Gasteiger partial charge < -0.3 is 9.42 Å². The van der Waals surface area contributed by atoms with Gasteiger partial charge in [-0.15, -0.1) is 0 Å². The van der Waals surface area contributed by atoms with Crippen LogP contribution < -0.4 is 43.7 Å². The van der Waals surface area contributed by atoms with E-state index in [2.05, 4.69) is 20.9 Å². The van der Waals surface area contributed by atoms with Crippen LogP contribution in [0.2, 0.25) is 0 Å². The van der Waals surface area contributed by atoms with Gasteiger partial charge in [-0.3, -0.25) is 4.57 Å². The molecule has 0 spiro atoms. The van der Waals surface area contributed by atoms with Gasteiger partial charge in [-0.05, 0) is 52.3 Å². The van der Waals surface area contributed by atoms with Crippen molar-refractivity contribution in [3.05, 3.63) is 53.0 Å². The molecule has 1 atom stereocenters. The number of aromatic nitrogens is 1. The molecule has 0 amide bonds. The number of hydrogen-bond acceptors (Lipinski definition) is 6. The van der Waals surface area contributed by atoms with Crippen molar-refractivity contribution in [3.8, 4) is 5.75 Å². The summed E-state index contributed by atoms with van der Waals surface area (Å²) in [6, 6.07) is 6.76. The number of sulfonamides is 1. The van der Waals surface area contributed by atoms with Crippen LogP contribution in [0.4, 0.5) is 4.39 Å². The molecule has 0 aliphatic rings. The smallest absolute Gasteiger partial charge is 0.768 e. The summed E-state index contributed by atoms with van der Waals surface area (Å²) in [5.41, 5.74) is 0. The minimum absolute atomic E-state index is 0. The number of rotatable bonds is 6. The molecule has 1 heterocycles. The van der Waals surface area contributed by atoms with Gasteiger partial charge >= 0.3 is 29.6 Å². The molecule has 1 aromatic heterocycles. The fourth-order valence-corrected chi connectivity index (χ4v) is 4.42. The molecular weight excluding hydrogens is 437 g/mol. The summed E-state index contributed by atoms with van der Waals surface area (Å²) >= 11 is 3.01. The van der Waals surface area contributed by atoms with E-state index in [9.17, 15) is 22.3 Å². The molecule has 0 aliphatic carbocycles. The summed E-state index contributed by atoms with van der Waals surface area (Å²) in [5, 5.41) is 0. The second-order valence-electron chi connectivity index (χ2n) is 4.25. The zero-order chi connectivity index (χ0) is 17.1. The standard InChI is InChI=1S/C12H11BrFN2O5PS.Na/c13-12-11(2-1-7-15-12)21-22(17,18)8-16-23(19,20)10-5-3-9(14)4-6-10;/h1-7,16H,8H2,(H,17,18);/q;+1/p-1. The van der Waals surface area contributed by atoms with Crippen LogP contribution in [0.15, 0.2) is 52.1 Å². The number of hydrogen-bond donors (Lipinski definition) is 1. The van der Waals surface area contributed by atoms with Crippen molar-refractivity contribution in [2.75, 3.05) is 6.29 Å². The fraction of sp³-hybridized carbons (Fsp3) is 0.0833. The Balaban J connectivity index is 0.00000288. The average molecular weight is 447 g/mol. The van der Waals surface area contributed by atoms with Crippen molar-refractivity contribution in [3.63, 3.8) is 0 Å². The SMILES string of the molecule is O=P([O-])(CNS(=O)(=O)c1ccc(F)cc1)Oc1cccnc1Br.[Na+]. The van der Waals surface area contributed by atoms with Crippen molar-refractivity contribution in [2.24, 2.45) is 0 Å². The first kappa shape index (κ1) is 21.7. The van der Waals surface area contributed by atoms with Crippen LogP contribution >= 0.6 is 23.5 Å². The van der Waals surface area contributed by atoms with Gasteiger partial charge in [0.1, 0.15) is 10.4 Å². The van der Waals surface area contributed by atoms with Crippen molar-refractivity contribution in [1.29, 1.82) is 0 Å². The largest absolute Gasteiger partial charge is 1.00 e. The molecule has 24 heavy (non-hydrogen) atoms. The molecule has 0 bridgehead atoms. The van der Waals surface area contributed by atoms with Crippen molar-refractivity contribution in [2.45, 2.75) is 4.90 Å². The second kappa shape index (κ2) is 8.86. The summed E-state index contributed by atoms with van der Waals surface area (Å²) in [5.74, 6) is -0.671. The van der Waals surface area contributed by atoms with Gasteiger partial charge in [-0.25, -0.2) is 22.5 Å². The third-order valence-corrected chi connectivity index (χ3v) is 5.78. The van der Waals surface area contributed by atoms with Crippen molar-refractivity contribution in [1.82, 2.24) is 9.71 Å². The fourth-order valence-electron chi connectivity index (χ4n) is 1.48. The number of pyridine rings is 1. The van der Waals surface area contributed by atoms with Gasteiger partial charge in [0, 0.05) is 6.20 Å². The van der Waals surface area contributed by atoms with Crippen molar-refractivity contribution < 1.29 is 56.3 Å². The Hall–Kier alpha value is -0.320. The predicted octanol–water partition coefficient (Wildman–Crippen LogP) is -1.14. The molecule has 0 radical (unpaired) electrons. The Morgan fingerprint density at radius 2 is 1.92 bits per heavy atom. The topological polar surface area (TPSA) is 108 Å². The molecule has 1 unspecified atom stereocenters. The summed E-state index contributed by atoms with van der Waals surface area (Å²) < 4.78 is 55.4. The number of benzene rings is 1. The van der Waals surface area contributed by atoms with Crippen LogP contribution in [-0.4, -0.2) is 19.7 Å². The van der Waals surface area contributed by atoms with Gasteiger partial charge in [-0.2, -0.15) is 0 Å². The molecule has 7 nitrogen and oxygen atoms in total. The third kappa shape index (κ3) is 6.20. The van der Waals surface area contributed by atoms with E-state index in [4.69, 9.17) is 4.52 Å². The Kier molecular flexibility index (Phi) is 8.02. The second-order valence-corrected chi connectivity index (χ2v) is 8.49. The molecule has 2 rings (SSSR count). The van der Waals surface area contributed by atoms with Crippen LogP contribution in [-0.2, 0) is 14.6 Å². The van der Waals surface area contributed by atoms with E-state index in [1.54, 1.807) is 0 Å². The van der Waals surface area contributed by atoms with E-state index in [1.807, 2.05) is 4.72 Å². The minimum Gasteiger partial charge on any atom is -0.768 e. The van der Waals surface area contributed by atoms with Crippen LogP contribution in [0.3, 0.4) is 0 Å². The average Bonchev–Trinajstić information content (AvgIpc) is 2.48. The van der Waals surface area contributed by atoms with Crippen LogP contribution in [0.1, 0.15) is 0 Å². The Bertz CT molecular complexity index is 853. The normalized spacial score (nSPS) is 13.6. The van der Waals surface area contributed by atoms with Crippen LogP contribution in [0.25, 0.3) is 0 Å². The quantitative estimate of drug-likeness (QED) is 0.341. The zero-order valence-corrected chi connectivity index (χ0v) is 17.6. The number of nitrogens with one attached hydrogen (secondary N) is 1. The predicted molar refractivity (Wildman–Crippen MR) is 81.8 cm³/mol. The minimum atomic E-state index is -4.55. The Morgan fingerprint density at radius 3 is 2.50 bits per heavy atom. The molecule has 0 aliphatic heterocycles. The molecule has 12 heteroatoms. The summed E-state index contributed by atoms with van der Waals surface area (Å²) in [4.78, 5) is 15.4. The molecule has 1 N–H and O–H groups in total. The van der Waals surface area contributed by atoms with E-state index in [0.717, 1.165) is 24.3 Å². The Morgan fingerprint density at radius 1 is 1.29 bits per heavy atom. The van der Waals surface area contributed by atoms with Gasteiger partial charge in [0.2, 0.25) is 10.0 Å². The van der Waals surface area contributed by atoms with Gasteiger partial charge in [0.25, 0.3) is 0 Å². The number of halogens is 2. The maximum atomic E-state index is 12.8. The van der Waals surface area contributed by atoms with E-state index in [-0.39, 0.29) is 44.8 Å². The third-order valence-electron chi connectivity index (χ3n) is 2.53. The molecule has 0 fully saturated rings. The van der Waals surface area contributed by atoms with Gasteiger partial charge in [0.05, 0.1) is 11.2 Å². The van der Waals surface area contributed by atoms with Gasteiger partial charge in [0.15, 0.2) is 13.3 Å². The van der Waals surface area contributed by atoms with E-state index < -0.39 is 29.7 Å². The molecular formula is C12H10BrFN2NaO5PS. The van der Waals surface area contributed by atoms with Crippen LogP contribution in [0.5, 0.6) is 5.75 Å². The first-order valence-corrected chi connectivity index (χ1v) is 10.1. The zero-order valence-electron chi connectivity index (χ0n) is 12.3. The summed E-state index contributed by atoms with van der Waals surface area (Å²) in [6.45, 7) is 0. The van der Waals surface area contributed by atoms with Crippen molar-refractivity contribution >= 4 is 33.5 Å². The molecule has 0 saturated carbocycles. The first-order valence-electron chi connectivity index (χ1n) is 6.05. The molecule has 0 saturated heterocycles. The summed E-state index contributed by atoms with van der Waals surface area (Å²) in [7, 11) is -8.66. The Labute approximate surface area is 168 Å². The van der Waals surface area contributed by atoms with E-state index in [0.29, 0.717) is 0 Å². The maximum absolute atomic E-state index is 12.8. The maximum Gasteiger partial charge on any atom is 1.00 e. The molecule has 1 aromatic carbocycles. The van der Waals surface area contributed by atoms with E-state index >= 15 is 0 Å². The molecule has 124 valence electrons. The number of nitrogens with zero attached hydrogens (tertiary/aromatic N) is 1. The monoisotopic (exact) mass is 446 g/mol. The first-order chi connectivity index (χ1) is 10.7. The summed E-state index contributed by atoms with van der Waals surface area (Å²) in [6.07, 6.45) is 0.456. The van der Waals surface area contributed by atoms with E-state index in [1.165, 1.54) is 18.3 Å².